The van der Waals surface area contributed by atoms with E-state index in [-0.39, 0.29) is 11.5 Å². The molecule has 32 heavy (non-hydrogen) atoms. The number of nitrogens with one attached hydrogen (secondary N) is 1. The summed E-state index contributed by atoms with van der Waals surface area (Å²) in [7, 11) is 0. The number of amides is 1. The molecule has 0 saturated carbocycles. The van der Waals surface area contributed by atoms with E-state index >= 15 is 0 Å². The van der Waals surface area contributed by atoms with E-state index in [0.29, 0.717) is 6.54 Å². The summed E-state index contributed by atoms with van der Waals surface area (Å²) < 4.78 is 7.58. The molecule has 0 bridgehead atoms. The molecule has 7 heteroatoms. The number of thiophene rings is 1. The maximum absolute atomic E-state index is 12.5. The second-order valence-corrected chi connectivity index (χ2v) is 8.74. The monoisotopic (exact) mass is 446 g/mol. The molecule has 0 spiro atoms. The number of nitrogens with zero attached hydrogens (tertiary/aromatic N) is 3. The average molecular weight is 447 g/mol. The first-order valence-electron chi connectivity index (χ1n) is 10.6. The first kappa shape index (κ1) is 21.9. The molecule has 1 aliphatic rings. The van der Waals surface area contributed by atoms with Crippen LogP contribution in [0.2, 0.25) is 0 Å². The Balaban J connectivity index is 1.54. The van der Waals surface area contributed by atoms with E-state index in [1.54, 1.807) is 17.4 Å². The number of nitriles is 1. The minimum atomic E-state index is -0.361. The van der Waals surface area contributed by atoms with Gasteiger partial charge in [0.25, 0.3) is 5.91 Å². The Hall–Kier alpha value is -3.34. The van der Waals surface area contributed by atoms with Gasteiger partial charge in [0, 0.05) is 40.7 Å². The van der Waals surface area contributed by atoms with E-state index in [9.17, 15) is 10.1 Å². The van der Waals surface area contributed by atoms with E-state index in [4.69, 9.17) is 4.74 Å². The van der Waals surface area contributed by atoms with Crippen molar-refractivity contribution < 1.29 is 9.53 Å². The van der Waals surface area contributed by atoms with Crippen molar-refractivity contribution in [3.05, 3.63) is 75.2 Å². The highest BCUT2D eigenvalue weighted by molar-refractivity contribution is 7.09. The van der Waals surface area contributed by atoms with Crippen LogP contribution < -0.4 is 10.2 Å². The van der Waals surface area contributed by atoms with Crippen LogP contribution in [-0.2, 0) is 16.1 Å². The fourth-order valence-corrected chi connectivity index (χ4v) is 4.59. The van der Waals surface area contributed by atoms with Crippen molar-refractivity contribution in [3.8, 4) is 11.8 Å². The Bertz CT molecular complexity index is 1150. The molecule has 1 N–H and O–H groups in total. The summed E-state index contributed by atoms with van der Waals surface area (Å²) in [5, 5.41) is 14.3. The van der Waals surface area contributed by atoms with E-state index in [0.717, 1.165) is 53.8 Å². The van der Waals surface area contributed by atoms with Crippen LogP contribution in [-0.4, -0.2) is 36.8 Å². The molecular formula is C25H26N4O2S. The van der Waals surface area contributed by atoms with Gasteiger partial charge in [0.1, 0.15) is 11.6 Å². The SMILES string of the molecule is Cc1cc(/C=C(\C#N)C(=O)NCc2cccs2)c(C)n1-c1ccc(N2CCOCC2)cc1. The first-order chi connectivity index (χ1) is 15.6. The first-order valence-corrected chi connectivity index (χ1v) is 11.5. The van der Waals surface area contributed by atoms with Crippen LogP contribution in [0.3, 0.4) is 0 Å². The molecular weight excluding hydrogens is 420 g/mol. The van der Waals surface area contributed by atoms with Crippen LogP contribution in [0.25, 0.3) is 11.8 Å². The standard InChI is InChI=1S/C25H26N4O2S/c1-18-14-20(15-21(16-26)25(30)27-17-24-4-3-13-32-24)19(2)29(18)23-7-5-22(6-8-23)28-9-11-31-12-10-28/h3-8,13-15H,9-12,17H2,1-2H3,(H,27,30)/b21-15+. The highest BCUT2D eigenvalue weighted by atomic mass is 32.1. The molecule has 3 heterocycles. The molecule has 2 aromatic heterocycles. The van der Waals surface area contributed by atoms with Gasteiger partial charge in [-0.25, -0.2) is 0 Å². The van der Waals surface area contributed by atoms with E-state index < -0.39 is 0 Å². The number of anilines is 1. The molecule has 1 amide bonds. The van der Waals surface area contributed by atoms with Gasteiger partial charge in [-0.2, -0.15) is 5.26 Å². The van der Waals surface area contributed by atoms with Crippen LogP contribution in [0.1, 0.15) is 21.8 Å². The van der Waals surface area contributed by atoms with Gasteiger partial charge in [-0.1, -0.05) is 6.07 Å². The van der Waals surface area contributed by atoms with E-state index in [1.807, 2.05) is 43.5 Å². The van der Waals surface area contributed by atoms with Crippen molar-refractivity contribution in [3.63, 3.8) is 0 Å². The van der Waals surface area contributed by atoms with Crippen LogP contribution in [0.15, 0.2) is 53.4 Å². The Kier molecular flexibility index (Phi) is 6.74. The summed E-state index contributed by atoms with van der Waals surface area (Å²) in [4.78, 5) is 15.9. The van der Waals surface area contributed by atoms with E-state index in [2.05, 4.69) is 39.0 Å². The number of rotatable bonds is 6. The zero-order chi connectivity index (χ0) is 22.5. The Morgan fingerprint density at radius 2 is 1.91 bits per heavy atom. The fraction of sp³-hybridized carbons (Fsp3) is 0.280. The zero-order valence-corrected chi connectivity index (χ0v) is 19.1. The van der Waals surface area contributed by atoms with Crippen molar-refractivity contribution in [1.82, 2.24) is 9.88 Å². The Labute approximate surface area is 192 Å². The van der Waals surface area contributed by atoms with Gasteiger partial charge in [0.05, 0.1) is 19.8 Å². The van der Waals surface area contributed by atoms with Crippen molar-refractivity contribution in [1.29, 1.82) is 5.26 Å². The number of carbonyl (C=O) groups excluding carboxylic acids is 1. The lowest BCUT2D eigenvalue weighted by Gasteiger charge is -2.29. The number of hydrogen-bond donors (Lipinski definition) is 1. The summed E-state index contributed by atoms with van der Waals surface area (Å²) >= 11 is 1.57. The third kappa shape index (κ3) is 4.77. The van der Waals surface area contributed by atoms with Crippen LogP contribution in [0.4, 0.5) is 5.69 Å². The smallest absolute Gasteiger partial charge is 0.262 e. The number of aromatic nitrogens is 1. The normalized spacial score (nSPS) is 14.3. The van der Waals surface area contributed by atoms with E-state index in [1.165, 1.54) is 5.69 Å². The lowest BCUT2D eigenvalue weighted by Crippen LogP contribution is -2.36. The topological polar surface area (TPSA) is 70.3 Å². The Morgan fingerprint density at radius 3 is 2.56 bits per heavy atom. The molecule has 6 nitrogen and oxygen atoms in total. The molecule has 0 radical (unpaired) electrons. The molecule has 0 aliphatic carbocycles. The highest BCUT2D eigenvalue weighted by Crippen LogP contribution is 2.25. The number of aryl methyl sites for hydroxylation is 1. The summed E-state index contributed by atoms with van der Waals surface area (Å²) in [6, 6.07) is 16.4. The number of carbonyl (C=O) groups is 1. The molecule has 1 saturated heterocycles. The molecule has 1 fully saturated rings. The van der Waals surface area contributed by atoms with Crippen LogP contribution >= 0.6 is 11.3 Å². The van der Waals surface area contributed by atoms with Gasteiger partial charge in [-0.15, -0.1) is 11.3 Å². The third-order valence-electron chi connectivity index (χ3n) is 5.62. The summed E-state index contributed by atoms with van der Waals surface area (Å²) in [6.07, 6.45) is 1.67. The summed E-state index contributed by atoms with van der Waals surface area (Å²) in [5.41, 5.74) is 5.24. The van der Waals surface area contributed by atoms with Gasteiger partial charge in [-0.3, -0.25) is 4.79 Å². The van der Waals surface area contributed by atoms with Gasteiger partial charge >= 0.3 is 0 Å². The Morgan fingerprint density at radius 1 is 1.19 bits per heavy atom. The maximum atomic E-state index is 12.5. The van der Waals surface area contributed by atoms with Gasteiger partial charge < -0.3 is 19.5 Å². The van der Waals surface area contributed by atoms with Gasteiger partial charge in [0.15, 0.2) is 0 Å². The molecule has 4 rings (SSSR count). The minimum absolute atomic E-state index is 0.101. The van der Waals surface area contributed by atoms with Crippen molar-refractivity contribution in [2.24, 2.45) is 0 Å². The molecule has 3 aromatic rings. The predicted molar refractivity (Wildman–Crippen MR) is 128 cm³/mol. The van der Waals surface area contributed by atoms with Crippen LogP contribution in [0.5, 0.6) is 0 Å². The van der Waals surface area contributed by atoms with Crippen LogP contribution in [0, 0.1) is 25.2 Å². The maximum Gasteiger partial charge on any atom is 0.262 e. The number of hydrogen-bond acceptors (Lipinski definition) is 5. The van der Waals surface area contributed by atoms with Gasteiger partial charge in [0.2, 0.25) is 0 Å². The lowest BCUT2D eigenvalue weighted by atomic mass is 10.1. The highest BCUT2D eigenvalue weighted by Gasteiger charge is 2.15. The second-order valence-electron chi connectivity index (χ2n) is 7.71. The predicted octanol–water partition coefficient (Wildman–Crippen LogP) is 4.22. The number of morpholine rings is 1. The second kappa shape index (κ2) is 9.86. The number of benzene rings is 1. The average Bonchev–Trinajstić information content (AvgIpc) is 3.44. The summed E-state index contributed by atoms with van der Waals surface area (Å²) in [6.45, 7) is 7.79. The van der Waals surface area contributed by atoms with Crippen molar-refractivity contribution >= 4 is 29.0 Å². The van der Waals surface area contributed by atoms with Crippen molar-refractivity contribution in [2.45, 2.75) is 20.4 Å². The van der Waals surface area contributed by atoms with Gasteiger partial charge in [-0.05, 0) is 67.3 Å². The minimum Gasteiger partial charge on any atom is -0.378 e. The zero-order valence-electron chi connectivity index (χ0n) is 18.3. The lowest BCUT2D eigenvalue weighted by molar-refractivity contribution is -0.117. The number of ether oxygens (including phenoxy) is 1. The molecule has 1 aliphatic heterocycles. The third-order valence-corrected chi connectivity index (χ3v) is 6.50. The quantitative estimate of drug-likeness (QED) is 0.455. The molecule has 0 unspecified atom stereocenters. The van der Waals surface area contributed by atoms with Crippen molar-refractivity contribution in [2.75, 3.05) is 31.2 Å². The molecule has 1 aromatic carbocycles. The summed E-state index contributed by atoms with van der Waals surface area (Å²) in [5.74, 6) is -0.361. The molecule has 164 valence electrons. The molecule has 0 atom stereocenters. The fourth-order valence-electron chi connectivity index (χ4n) is 3.95. The largest absolute Gasteiger partial charge is 0.378 e.